The summed E-state index contributed by atoms with van der Waals surface area (Å²) in [7, 11) is 0. The van der Waals surface area contributed by atoms with Crippen LogP contribution in [0.2, 0.25) is 0 Å². The second-order valence-corrected chi connectivity index (χ2v) is 5.72. The first kappa shape index (κ1) is 15.3. The fourth-order valence-electron chi connectivity index (χ4n) is 2.18. The van der Waals surface area contributed by atoms with E-state index in [2.05, 4.69) is 15.9 Å². The Balaban J connectivity index is 2.21. The highest BCUT2D eigenvalue weighted by molar-refractivity contribution is 9.09. The van der Waals surface area contributed by atoms with E-state index in [1.54, 1.807) is 0 Å². The predicted molar refractivity (Wildman–Crippen MR) is 77.2 cm³/mol. The van der Waals surface area contributed by atoms with Gasteiger partial charge in [-0.15, -0.1) is 0 Å². The Morgan fingerprint density at radius 1 is 1.15 bits per heavy atom. The van der Waals surface area contributed by atoms with Crippen molar-refractivity contribution in [1.82, 2.24) is 0 Å². The fraction of sp³-hybridized carbons (Fsp3) is 0.333. The van der Waals surface area contributed by atoms with E-state index in [0.717, 1.165) is 21.9 Å². The molecule has 5 heteroatoms. The monoisotopic (exact) mass is 346 g/mol. The van der Waals surface area contributed by atoms with Crippen molar-refractivity contribution in [2.45, 2.75) is 17.9 Å². The largest absolute Gasteiger partial charge is 0.411 e. The summed E-state index contributed by atoms with van der Waals surface area (Å²) in [6.07, 6.45) is -4.29. The van der Waals surface area contributed by atoms with Gasteiger partial charge >= 0.3 is 6.18 Å². The van der Waals surface area contributed by atoms with Gasteiger partial charge in [0.25, 0.3) is 0 Å². The third kappa shape index (κ3) is 3.73. The van der Waals surface area contributed by atoms with Crippen LogP contribution in [-0.2, 0) is 4.74 Å². The number of alkyl halides is 4. The van der Waals surface area contributed by atoms with Gasteiger partial charge in [-0.05, 0) is 28.8 Å². The molecular weight excluding hydrogens is 333 g/mol. The molecule has 0 aliphatic rings. The molecule has 1 nitrogen and oxygen atoms in total. The van der Waals surface area contributed by atoms with Crippen molar-refractivity contribution in [2.24, 2.45) is 0 Å². The Kier molecular flexibility index (Phi) is 4.70. The van der Waals surface area contributed by atoms with Crippen LogP contribution in [0.15, 0.2) is 36.4 Å². The zero-order valence-electron chi connectivity index (χ0n) is 10.9. The summed E-state index contributed by atoms with van der Waals surface area (Å²) in [5.74, 6) is 0. The molecule has 1 atom stereocenters. The maximum absolute atomic E-state index is 12.1. The van der Waals surface area contributed by atoms with Gasteiger partial charge in [-0.2, -0.15) is 13.2 Å². The standard InChI is InChI=1S/C15H14BrF3O/c1-10-6-7-11-4-2-3-5-12(11)14(10)13(16)8-20-9-15(17,18)19/h2-7,13H,8-9H2,1H3. The SMILES string of the molecule is Cc1ccc2ccccc2c1C(Br)COCC(F)(F)F. The van der Waals surface area contributed by atoms with Gasteiger partial charge in [0.1, 0.15) is 6.61 Å². The molecule has 0 fully saturated rings. The van der Waals surface area contributed by atoms with E-state index in [1.165, 1.54) is 0 Å². The van der Waals surface area contributed by atoms with Gasteiger partial charge in [0.15, 0.2) is 0 Å². The molecule has 0 N–H and O–H groups in total. The van der Waals surface area contributed by atoms with Gasteiger partial charge in [0, 0.05) is 0 Å². The molecule has 108 valence electrons. The summed E-state index contributed by atoms with van der Waals surface area (Å²) in [5.41, 5.74) is 2.01. The van der Waals surface area contributed by atoms with E-state index in [1.807, 2.05) is 43.3 Å². The Hall–Kier alpha value is -1.07. The number of aryl methyl sites for hydroxylation is 1. The van der Waals surface area contributed by atoms with Crippen LogP contribution in [0.3, 0.4) is 0 Å². The molecule has 2 aromatic rings. The highest BCUT2D eigenvalue weighted by Crippen LogP contribution is 2.33. The van der Waals surface area contributed by atoms with Gasteiger partial charge in [-0.25, -0.2) is 0 Å². The molecule has 20 heavy (non-hydrogen) atoms. The lowest BCUT2D eigenvalue weighted by atomic mass is 9.97. The molecule has 0 aliphatic carbocycles. The zero-order chi connectivity index (χ0) is 14.8. The Morgan fingerprint density at radius 2 is 1.85 bits per heavy atom. The molecule has 2 aromatic carbocycles. The summed E-state index contributed by atoms with van der Waals surface area (Å²) in [4.78, 5) is -0.268. The molecule has 0 radical (unpaired) electrons. The minimum Gasteiger partial charge on any atom is -0.371 e. The van der Waals surface area contributed by atoms with Crippen molar-refractivity contribution in [3.63, 3.8) is 0 Å². The molecule has 0 saturated heterocycles. The number of fused-ring (bicyclic) bond motifs is 1. The van der Waals surface area contributed by atoms with Crippen LogP contribution in [0.25, 0.3) is 10.8 Å². The van der Waals surface area contributed by atoms with E-state index in [9.17, 15) is 13.2 Å². The van der Waals surface area contributed by atoms with E-state index >= 15 is 0 Å². The molecular formula is C15H14BrF3O. The molecule has 0 aromatic heterocycles. The minimum atomic E-state index is -4.29. The number of ether oxygens (including phenoxy) is 1. The molecule has 0 heterocycles. The summed E-state index contributed by atoms with van der Waals surface area (Å²) in [6, 6.07) is 11.8. The number of hydrogen-bond donors (Lipinski definition) is 0. The lowest BCUT2D eigenvalue weighted by Gasteiger charge is -2.17. The second kappa shape index (κ2) is 6.14. The first-order chi connectivity index (χ1) is 9.38. The van der Waals surface area contributed by atoms with E-state index in [0.29, 0.717) is 0 Å². The van der Waals surface area contributed by atoms with Gasteiger partial charge in [-0.3, -0.25) is 0 Å². The molecule has 0 aliphatic heterocycles. The lowest BCUT2D eigenvalue weighted by molar-refractivity contribution is -0.173. The van der Waals surface area contributed by atoms with Gasteiger partial charge < -0.3 is 4.74 Å². The molecule has 0 spiro atoms. The minimum absolute atomic E-state index is 0.0195. The van der Waals surface area contributed by atoms with Crippen molar-refractivity contribution in [3.8, 4) is 0 Å². The Bertz CT molecular complexity index is 595. The second-order valence-electron chi connectivity index (χ2n) is 4.62. The highest BCUT2D eigenvalue weighted by Gasteiger charge is 2.28. The van der Waals surface area contributed by atoms with E-state index < -0.39 is 12.8 Å². The van der Waals surface area contributed by atoms with E-state index in [-0.39, 0.29) is 11.4 Å². The lowest BCUT2D eigenvalue weighted by Crippen LogP contribution is -2.18. The van der Waals surface area contributed by atoms with Crippen molar-refractivity contribution < 1.29 is 17.9 Å². The quantitative estimate of drug-likeness (QED) is 0.694. The van der Waals surface area contributed by atoms with Gasteiger partial charge in [0.2, 0.25) is 0 Å². The Morgan fingerprint density at radius 3 is 2.55 bits per heavy atom. The number of hydrogen-bond acceptors (Lipinski definition) is 1. The number of benzene rings is 2. The van der Waals surface area contributed by atoms with Crippen LogP contribution >= 0.6 is 15.9 Å². The van der Waals surface area contributed by atoms with Crippen LogP contribution in [0.4, 0.5) is 13.2 Å². The molecule has 0 saturated carbocycles. The molecule has 2 rings (SSSR count). The molecule has 0 bridgehead atoms. The molecule has 1 unspecified atom stereocenters. The fourth-order valence-corrected chi connectivity index (χ4v) is 2.98. The normalized spacial score (nSPS) is 13.7. The molecule has 0 amide bonds. The average Bonchev–Trinajstić information content (AvgIpc) is 2.36. The van der Waals surface area contributed by atoms with Crippen molar-refractivity contribution in [3.05, 3.63) is 47.5 Å². The third-order valence-corrected chi connectivity index (χ3v) is 3.75. The maximum atomic E-state index is 12.1. The zero-order valence-corrected chi connectivity index (χ0v) is 12.5. The first-order valence-corrected chi connectivity index (χ1v) is 7.07. The maximum Gasteiger partial charge on any atom is 0.411 e. The number of halogens is 4. The summed E-state index contributed by atoms with van der Waals surface area (Å²) >= 11 is 3.43. The summed E-state index contributed by atoms with van der Waals surface area (Å²) < 4.78 is 41.0. The van der Waals surface area contributed by atoms with Crippen molar-refractivity contribution in [1.29, 1.82) is 0 Å². The smallest absolute Gasteiger partial charge is 0.371 e. The average molecular weight is 347 g/mol. The summed E-state index contributed by atoms with van der Waals surface area (Å²) in [5, 5.41) is 2.10. The predicted octanol–water partition coefficient (Wildman–Crippen LogP) is 5.16. The third-order valence-electron chi connectivity index (χ3n) is 3.03. The van der Waals surface area contributed by atoms with Gasteiger partial charge in [-0.1, -0.05) is 52.3 Å². The van der Waals surface area contributed by atoms with Gasteiger partial charge in [0.05, 0.1) is 11.4 Å². The van der Waals surface area contributed by atoms with Crippen LogP contribution in [0.5, 0.6) is 0 Å². The summed E-state index contributed by atoms with van der Waals surface area (Å²) in [6.45, 7) is 0.701. The van der Waals surface area contributed by atoms with Crippen LogP contribution in [0, 0.1) is 6.92 Å². The van der Waals surface area contributed by atoms with Crippen LogP contribution < -0.4 is 0 Å². The number of rotatable bonds is 4. The highest BCUT2D eigenvalue weighted by atomic mass is 79.9. The first-order valence-electron chi connectivity index (χ1n) is 6.15. The van der Waals surface area contributed by atoms with E-state index in [4.69, 9.17) is 4.74 Å². The van der Waals surface area contributed by atoms with Crippen LogP contribution in [-0.4, -0.2) is 19.4 Å². The van der Waals surface area contributed by atoms with Crippen molar-refractivity contribution >= 4 is 26.7 Å². The topological polar surface area (TPSA) is 9.23 Å². The van der Waals surface area contributed by atoms with Crippen molar-refractivity contribution in [2.75, 3.05) is 13.2 Å². The van der Waals surface area contributed by atoms with Crippen LogP contribution in [0.1, 0.15) is 16.0 Å². The Labute approximate surface area is 123 Å².